The SMILES string of the molecule is NC(c1ccc(Cl)c(Br)c1)c1cc(Br)c(Cl)s1. The van der Waals surface area contributed by atoms with Crippen molar-refractivity contribution in [1.82, 2.24) is 0 Å². The number of halogens is 4. The molecule has 90 valence electrons. The van der Waals surface area contributed by atoms with E-state index in [4.69, 9.17) is 28.9 Å². The standard InChI is InChI=1S/C11H7Br2Cl2NS/c12-6-3-5(1-2-8(6)14)10(16)9-4-7(13)11(15)17-9/h1-4,10H,16H2. The summed E-state index contributed by atoms with van der Waals surface area (Å²) in [5.74, 6) is 0. The fraction of sp³-hybridized carbons (Fsp3) is 0.0909. The Hall–Kier alpha value is 0.420. The van der Waals surface area contributed by atoms with Gasteiger partial charge in [0.05, 0.1) is 11.1 Å². The minimum Gasteiger partial charge on any atom is -0.320 e. The van der Waals surface area contributed by atoms with Crippen LogP contribution in [0.2, 0.25) is 9.36 Å². The van der Waals surface area contributed by atoms with Crippen molar-refractivity contribution in [2.45, 2.75) is 6.04 Å². The van der Waals surface area contributed by atoms with Crippen LogP contribution in [-0.2, 0) is 0 Å². The molecule has 0 aliphatic rings. The Bertz CT molecular complexity index is 537. The molecule has 0 fully saturated rings. The zero-order valence-corrected chi connectivity index (χ0v) is 13.9. The van der Waals surface area contributed by atoms with E-state index >= 15 is 0 Å². The molecule has 0 aliphatic heterocycles. The number of hydrogen-bond acceptors (Lipinski definition) is 2. The molecule has 0 aliphatic carbocycles. The van der Waals surface area contributed by atoms with Crippen LogP contribution in [0.15, 0.2) is 33.2 Å². The molecule has 1 nitrogen and oxygen atoms in total. The van der Waals surface area contributed by atoms with Crippen LogP contribution in [0.5, 0.6) is 0 Å². The van der Waals surface area contributed by atoms with Crippen LogP contribution in [0.1, 0.15) is 16.5 Å². The third-order valence-corrected chi connectivity index (χ3v) is 6.05. The molecule has 1 aromatic carbocycles. The van der Waals surface area contributed by atoms with Gasteiger partial charge in [-0.2, -0.15) is 0 Å². The maximum atomic E-state index is 6.18. The summed E-state index contributed by atoms with van der Waals surface area (Å²) >= 11 is 20.2. The second kappa shape index (κ2) is 5.59. The molecule has 1 unspecified atom stereocenters. The van der Waals surface area contributed by atoms with Crippen molar-refractivity contribution in [1.29, 1.82) is 0 Å². The van der Waals surface area contributed by atoms with Gasteiger partial charge in [0.15, 0.2) is 0 Å². The molecule has 2 rings (SSSR count). The van der Waals surface area contributed by atoms with Gasteiger partial charge < -0.3 is 5.73 Å². The first-order chi connectivity index (χ1) is 7.99. The summed E-state index contributed by atoms with van der Waals surface area (Å²) in [6, 6.07) is 7.41. The molecule has 2 N–H and O–H groups in total. The molecule has 0 saturated heterocycles. The first-order valence-corrected chi connectivity index (χ1v) is 7.80. The van der Waals surface area contributed by atoms with E-state index in [0.717, 1.165) is 19.4 Å². The van der Waals surface area contributed by atoms with E-state index in [9.17, 15) is 0 Å². The van der Waals surface area contributed by atoms with Crippen LogP contribution >= 0.6 is 66.4 Å². The molecule has 0 amide bonds. The highest BCUT2D eigenvalue weighted by Gasteiger charge is 2.14. The lowest BCUT2D eigenvalue weighted by molar-refractivity contribution is 0.892. The zero-order chi connectivity index (χ0) is 12.6. The molecule has 17 heavy (non-hydrogen) atoms. The van der Waals surface area contributed by atoms with Gasteiger partial charge in [0, 0.05) is 13.8 Å². The molecule has 0 spiro atoms. The number of rotatable bonds is 2. The summed E-state index contributed by atoms with van der Waals surface area (Å²) in [6.07, 6.45) is 0. The highest BCUT2D eigenvalue weighted by molar-refractivity contribution is 9.11. The molecule has 0 saturated carbocycles. The third kappa shape index (κ3) is 3.06. The summed E-state index contributed by atoms with van der Waals surface area (Å²) in [6.45, 7) is 0. The summed E-state index contributed by atoms with van der Waals surface area (Å²) in [5.41, 5.74) is 7.18. The van der Waals surface area contributed by atoms with Crippen molar-refractivity contribution in [2.75, 3.05) is 0 Å². The second-order valence-corrected chi connectivity index (χ2v) is 7.22. The molecule has 6 heteroatoms. The summed E-state index contributed by atoms with van der Waals surface area (Å²) in [5, 5.41) is 0.673. The predicted molar refractivity (Wildman–Crippen MR) is 82.2 cm³/mol. The lowest BCUT2D eigenvalue weighted by Gasteiger charge is -2.10. The van der Waals surface area contributed by atoms with Crippen molar-refractivity contribution in [3.63, 3.8) is 0 Å². The van der Waals surface area contributed by atoms with Gasteiger partial charge in [0.2, 0.25) is 0 Å². The lowest BCUT2D eigenvalue weighted by Crippen LogP contribution is -2.09. The van der Waals surface area contributed by atoms with Gasteiger partial charge >= 0.3 is 0 Å². The van der Waals surface area contributed by atoms with E-state index in [-0.39, 0.29) is 6.04 Å². The first-order valence-electron chi connectivity index (χ1n) is 4.64. The molecular formula is C11H7Br2Cl2NS. The molecule has 0 bridgehead atoms. The molecule has 2 aromatic rings. The Balaban J connectivity index is 2.36. The quantitative estimate of drug-likeness (QED) is 0.676. The Kier molecular flexibility index (Phi) is 4.55. The summed E-state index contributed by atoms with van der Waals surface area (Å²) in [7, 11) is 0. The Morgan fingerprint density at radius 3 is 2.35 bits per heavy atom. The van der Waals surface area contributed by atoms with E-state index in [1.54, 1.807) is 0 Å². The maximum Gasteiger partial charge on any atom is 0.107 e. The molecule has 1 aromatic heterocycles. The fourth-order valence-electron chi connectivity index (χ4n) is 1.39. The molecular weight excluding hydrogens is 409 g/mol. The van der Waals surface area contributed by atoms with Crippen molar-refractivity contribution in [2.24, 2.45) is 5.73 Å². The Morgan fingerprint density at radius 1 is 1.12 bits per heavy atom. The Labute approximate surface area is 130 Å². The lowest BCUT2D eigenvalue weighted by atomic mass is 10.1. The van der Waals surface area contributed by atoms with Crippen molar-refractivity contribution >= 4 is 66.4 Å². The number of thiophene rings is 1. The van der Waals surface area contributed by atoms with Gasteiger partial charge in [-0.25, -0.2) is 0 Å². The zero-order valence-electron chi connectivity index (χ0n) is 8.38. The number of nitrogens with two attached hydrogens (primary N) is 1. The minimum absolute atomic E-state index is 0.197. The smallest absolute Gasteiger partial charge is 0.107 e. The molecule has 0 radical (unpaired) electrons. The number of benzene rings is 1. The van der Waals surface area contributed by atoms with E-state index in [1.165, 1.54) is 11.3 Å². The van der Waals surface area contributed by atoms with Gasteiger partial charge in [0.1, 0.15) is 4.34 Å². The van der Waals surface area contributed by atoms with Crippen LogP contribution in [0.25, 0.3) is 0 Å². The first kappa shape index (κ1) is 13.8. The van der Waals surface area contributed by atoms with Gasteiger partial charge in [-0.1, -0.05) is 29.3 Å². The van der Waals surface area contributed by atoms with Gasteiger partial charge in [-0.05, 0) is 55.6 Å². The van der Waals surface area contributed by atoms with Crippen molar-refractivity contribution in [3.05, 3.63) is 53.0 Å². The molecule has 1 heterocycles. The summed E-state index contributed by atoms with van der Waals surface area (Å²) in [4.78, 5) is 1.01. The average Bonchev–Trinajstić information content (AvgIpc) is 2.62. The normalized spacial score (nSPS) is 12.8. The highest BCUT2D eigenvalue weighted by Crippen LogP contribution is 2.37. The van der Waals surface area contributed by atoms with Crippen LogP contribution in [0.4, 0.5) is 0 Å². The topological polar surface area (TPSA) is 26.0 Å². The third-order valence-electron chi connectivity index (χ3n) is 2.27. The number of hydrogen-bond donors (Lipinski definition) is 1. The average molecular weight is 416 g/mol. The van der Waals surface area contributed by atoms with Gasteiger partial charge in [0.25, 0.3) is 0 Å². The maximum absolute atomic E-state index is 6.18. The second-order valence-electron chi connectivity index (χ2n) is 3.42. The van der Waals surface area contributed by atoms with E-state index in [0.29, 0.717) is 9.36 Å². The van der Waals surface area contributed by atoms with Gasteiger partial charge in [-0.3, -0.25) is 0 Å². The molecule has 1 atom stereocenters. The van der Waals surface area contributed by atoms with Crippen LogP contribution in [0.3, 0.4) is 0 Å². The van der Waals surface area contributed by atoms with Crippen LogP contribution in [-0.4, -0.2) is 0 Å². The predicted octanol–water partition coefficient (Wildman–Crippen LogP) is 5.63. The van der Waals surface area contributed by atoms with Crippen molar-refractivity contribution in [3.8, 4) is 0 Å². The fourth-order valence-corrected chi connectivity index (χ4v) is 3.67. The van der Waals surface area contributed by atoms with Crippen molar-refractivity contribution < 1.29 is 0 Å². The monoisotopic (exact) mass is 413 g/mol. The van der Waals surface area contributed by atoms with Crippen LogP contribution < -0.4 is 5.73 Å². The Morgan fingerprint density at radius 2 is 1.82 bits per heavy atom. The largest absolute Gasteiger partial charge is 0.320 e. The minimum atomic E-state index is -0.197. The van der Waals surface area contributed by atoms with Gasteiger partial charge in [-0.15, -0.1) is 11.3 Å². The van der Waals surface area contributed by atoms with E-state index in [2.05, 4.69) is 31.9 Å². The highest BCUT2D eigenvalue weighted by atomic mass is 79.9. The summed E-state index contributed by atoms with van der Waals surface area (Å²) < 4.78 is 2.43. The van der Waals surface area contributed by atoms with Crippen LogP contribution in [0, 0.1) is 0 Å². The van der Waals surface area contributed by atoms with E-state index in [1.807, 2.05) is 24.3 Å². The van der Waals surface area contributed by atoms with E-state index < -0.39 is 0 Å².